The van der Waals surface area contributed by atoms with Crippen LogP contribution in [0.15, 0.2) is 30.3 Å². The number of nitrogens with zero attached hydrogens (tertiary/aromatic N) is 1. The van der Waals surface area contributed by atoms with Crippen molar-refractivity contribution in [2.45, 2.75) is 13.0 Å². The largest absolute Gasteiger partial charge is 0.465 e. The molecule has 0 atom stereocenters. The van der Waals surface area contributed by atoms with Gasteiger partial charge in [0.05, 0.1) is 12.7 Å². The van der Waals surface area contributed by atoms with Crippen LogP contribution in [0.2, 0.25) is 0 Å². The average molecular weight is 361 g/mol. The van der Waals surface area contributed by atoms with Crippen molar-refractivity contribution in [2.75, 3.05) is 31.3 Å². The molecule has 0 unspecified atom stereocenters. The van der Waals surface area contributed by atoms with Crippen LogP contribution >= 0.6 is 23.6 Å². The number of rotatable bonds is 3. The van der Waals surface area contributed by atoms with Crippen LogP contribution in [0.5, 0.6) is 0 Å². The van der Waals surface area contributed by atoms with Crippen molar-refractivity contribution in [1.29, 1.82) is 0 Å². The van der Waals surface area contributed by atoms with Crippen molar-refractivity contribution in [3.05, 3.63) is 46.3 Å². The Balaban J connectivity index is 1.84. The predicted molar refractivity (Wildman–Crippen MR) is 102 cm³/mol. The second kappa shape index (κ2) is 7.29. The first-order chi connectivity index (χ1) is 11.6. The molecule has 2 heterocycles. The summed E-state index contributed by atoms with van der Waals surface area (Å²) in [6.45, 7) is 1.77. The summed E-state index contributed by atoms with van der Waals surface area (Å²) >= 11 is 6.95. The third kappa shape index (κ3) is 3.58. The van der Waals surface area contributed by atoms with E-state index in [1.165, 1.54) is 12.0 Å². The molecule has 2 aromatic rings. The van der Waals surface area contributed by atoms with Gasteiger partial charge in [-0.3, -0.25) is 0 Å². The molecule has 2 N–H and O–H groups in total. The van der Waals surface area contributed by atoms with Gasteiger partial charge >= 0.3 is 5.97 Å². The zero-order valence-corrected chi connectivity index (χ0v) is 15.2. The van der Waals surface area contributed by atoms with E-state index >= 15 is 0 Å². The van der Waals surface area contributed by atoms with E-state index in [-0.39, 0.29) is 5.97 Å². The van der Waals surface area contributed by atoms with Crippen molar-refractivity contribution in [3.63, 3.8) is 0 Å². The van der Waals surface area contributed by atoms with Gasteiger partial charge in [0, 0.05) is 23.7 Å². The van der Waals surface area contributed by atoms with Gasteiger partial charge in [0.2, 0.25) is 0 Å². The number of carbonyl (C=O) groups excluding carboxylic acids is 1. The van der Waals surface area contributed by atoms with Gasteiger partial charge in [0.15, 0.2) is 5.11 Å². The van der Waals surface area contributed by atoms with Crippen LogP contribution in [-0.4, -0.2) is 36.7 Å². The lowest BCUT2D eigenvalue weighted by Gasteiger charge is -2.22. The van der Waals surface area contributed by atoms with Crippen molar-refractivity contribution in [1.82, 2.24) is 4.90 Å². The zero-order chi connectivity index (χ0) is 17.1. The first-order valence-electron chi connectivity index (χ1n) is 7.63. The number of fused-ring (bicyclic) bond motifs is 1. The fourth-order valence-electron chi connectivity index (χ4n) is 2.72. The summed E-state index contributed by atoms with van der Waals surface area (Å²) in [7, 11) is 3.49. The molecule has 1 aliphatic heterocycles. The van der Waals surface area contributed by atoms with E-state index in [0.29, 0.717) is 10.7 Å². The van der Waals surface area contributed by atoms with E-state index in [9.17, 15) is 4.79 Å². The standard InChI is InChI=1S/C17H19N3O2S2/c1-20-9-8-12-13(10-20)24-15(14(12)16(21)22-2)19-17(23)18-11-6-4-3-5-7-11/h3-7H,8-10H2,1-2H3,(H2,18,19,23). The minimum Gasteiger partial charge on any atom is -0.465 e. The maximum atomic E-state index is 12.3. The Labute approximate surface area is 150 Å². The van der Waals surface area contributed by atoms with Gasteiger partial charge in [0.1, 0.15) is 5.00 Å². The summed E-state index contributed by atoms with van der Waals surface area (Å²) < 4.78 is 4.98. The number of thiophene rings is 1. The third-order valence-electron chi connectivity index (χ3n) is 3.90. The van der Waals surface area contributed by atoms with Crippen molar-refractivity contribution >= 4 is 45.3 Å². The first-order valence-corrected chi connectivity index (χ1v) is 8.85. The van der Waals surface area contributed by atoms with Crippen LogP contribution in [0.3, 0.4) is 0 Å². The van der Waals surface area contributed by atoms with Crippen molar-refractivity contribution in [3.8, 4) is 0 Å². The Hall–Kier alpha value is -1.96. The zero-order valence-electron chi connectivity index (χ0n) is 13.6. The van der Waals surface area contributed by atoms with Gasteiger partial charge in [-0.25, -0.2) is 4.79 Å². The van der Waals surface area contributed by atoms with Crippen LogP contribution in [0, 0.1) is 0 Å². The topological polar surface area (TPSA) is 53.6 Å². The fraction of sp³-hybridized carbons (Fsp3) is 0.294. The van der Waals surface area contributed by atoms with Crippen molar-refractivity contribution in [2.24, 2.45) is 0 Å². The van der Waals surface area contributed by atoms with E-state index in [2.05, 4.69) is 22.6 Å². The molecule has 126 valence electrons. The monoisotopic (exact) mass is 361 g/mol. The molecule has 0 bridgehead atoms. The van der Waals surface area contributed by atoms with Crippen LogP contribution in [-0.2, 0) is 17.7 Å². The molecular formula is C17H19N3O2S2. The number of hydrogen-bond donors (Lipinski definition) is 2. The summed E-state index contributed by atoms with van der Waals surface area (Å²) in [5.74, 6) is -0.318. The van der Waals surface area contributed by atoms with E-state index < -0.39 is 0 Å². The summed E-state index contributed by atoms with van der Waals surface area (Å²) in [6, 6.07) is 9.68. The minimum atomic E-state index is -0.318. The average Bonchev–Trinajstić information content (AvgIpc) is 2.91. The van der Waals surface area contributed by atoms with Gasteiger partial charge in [0.25, 0.3) is 0 Å². The van der Waals surface area contributed by atoms with Gasteiger partial charge in [-0.05, 0) is 43.4 Å². The normalized spacial score (nSPS) is 13.9. The van der Waals surface area contributed by atoms with Crippen LogP contribution in [0.1, 0.15) is 20.8 Å². The molecule has 1 aromatic heterocycles. The number of carbonyl (C=O) groups is 1. The van der Waals surface area contributed by atoms with E-state index in [1.807, 2.05) is 30.3 Å². The quantitative estimate of drug-likeness (QED) is 0.646. The van der Waals surface area contributed by atoms with E-state index in [1.54, 1.807) is 11.3 Å². The van der Waals surface area contributed by atoms with Gasteiger partial charge < -0.3 is 20.3 Å². The second-order valence-electron chi connectivity index (χ2n) is 5.63. The molecule has 0 saturated carbocycles. The first kappa shape index (κ1) is 16.9. The predicted octanol–water partition coefficient (Wildman–Crippen LogP) is 3.33. The summed E-state index contributed by atoms with van der Waals surface area (Å²) in [6.07, 6.45) is 0.841. The maximum Gasteiger partial charge on any atom is 0.341 e. The molecule has 0 aliphatic carbocycles. The number of likely N-dealkylation sites (N-methyl/N-ethyl adjacent to an activating group) is 1. The van der Waals surface area contributed by atoms with Gasteiger partial charge in [-0.15, -0.1) is 11.3 Å². The molecule has 5 nitrogen and oxygen atoms in total. The molecule has 0 radical (unpaired) electrons. The number of hydrogen-bond acceptors (Lipinski definition) is 5. The third-order valence-corrected chi connectivity index (χ3v) is 5.23. The highest BCUT2D eigenvalue weighted by molar-refractivity contribution is 7.80. The fourth-order valence-corrected chi connectivity index (χ4v) is 4.33. The highest BCUT2D eigenvalue weighted by Crippen LogP contribution is 2.37. The molecule has 1 aliphatic rings. The summed E-state index contributed by atoms with van der Waals surface area (Å²) in [5, 5.41) is 7.50. The lowest BCUT2D eigenvalue weighted by molar-refractivity contribution is 0.0600. The number of thiocarbonyl (C=S) groups is 1. The smallest absolute Gasteiger partial charge is 0.341 e. The Bertz CT molecular complexity index is 759. The number of methoxy groups -OCH3 is 1. The molecule has 3 rings (SSSR count). The maximum absolute atomic E-state index is 12.3. The number of benzene rings is 1. The number of esters is 1. The summed E-state index contributed by atoms with van der Waals surface area (Å²) in [5.41, 5.74) is 2.59. The highest BCUT2D eigenvalue weighted by Gasteiger charge is 2.27. The number of para-hydroxylation sites is 1. The molecule has 1 aromatic carbocycles. The Morgan fingerprint density at radius 1 is 1.29 bits per heavy atom. The SMILES string of the molecule is COC(=O)c1c(NC(=S)Nc2ccccc2)sc2c1CCN(C)C2. The van der Waals surface area contributed by atoms with Crippen LogP contribution in [0.4, 0.5) is 10.7 Å². The molecule has 24 heavy (non-hydrogen) atoms. The minimum absolute atomic E-state index is 0.318. The molecule has 0 spiro atoms. The van der Waals surface area contributed by atoms with Gasteiger partial charge in [-0.1, -0.05) is 18.2 Å². The molecule has 0 amide bonds. The molecular weight excluding hydrogens is 342 g/mol. The molecule has 0 saturated heterocycles. The Morgan fingerprint density at radius 3 is 2.75 bits per heavy atom. The van der Waals surface area contributed by atoms with Gasteiger partial charge in [-0.2, -0.15) is 0 Å². The van der Waals surface area contributed by atoms with Crippen molar-refractivity contribution < 1.29 is 9.53 Å². The van der Waals surface area contributed by atoms with Crippen LogP contribution < -0.4 is 10.6 Å². The Morgan fingerprint density at radius 2 is 2.04 bits per heavy atom. The lowest BCUT2D eigenvalue weighted by Crippen LogP contribution is -2.26. The lowest BCUT2D eigenvalue weighted by atomic mass is 10.0. The summed E-state index contributed by atoms with van der Waals surface area (Å²) in [4.78, 5) is 15.7. The Kier molecular flexibility index (Phi) is 5.13. The second-order valence-corrected chi connectivity index (χ2v) is 7.15. The number of anilines is 2. The number of ether oxygens (including phenoxy) is 1. The highest BCUT2D eigenvalue weighted by atomic mass is 32.1. The molecule has 0 fully saturated rings. The van der Waals surface area contributed by atoms with E-state index in [0.717, 1.165) is 35.8 Å². The molecule has 7 heteroatoms. The number of nitrogens with one attached hydrogen (secondary N) is 2. The van der Waals surface area contributed by atoms with Crippen LogP contribution in [0.25, 0.3) is 0 Å². The van der Waals surface area contributed by atoms with E-state index in [4.69, 9.17) is 17.0 Å².